The number of fused-ring (bicyclic) bond motifs is 12. The van der Waals surface area contributed by atoms with Crippen molar-refractivity contribution in [2.75, 3.05) is 0 Å². The van der Waals surface area contributed by atoms with Crippen molar-refractivity contribution in [1.29, 1.82) is 0 Å². The molecule has 0 aliphatic heterocycles. The molecule has 0 unspecified atom stereocenters. The summed E-state index contributed by atoms with van der Waals surface area (Å²) in [6.07, 6.45) is 16.7. The SMILES string of the molecule is Cc1cc(-c2c(C)ccc3c2ccc2ccccc23)[n+](C)cc1CC(C)(C)C.Cc1ccc2c(ccc3ccccc32)c1-c1cc(C2CCCC2)cc[n+]1C.Cc1ccc2c(ccc3ccccc32)c1-c1ccc(CC(C)(C)C)c[n+]1C.Cc1cccc(C)c1-c1cc[n+](C)c(-c2c(C)ccc3c2ccc2ccccc23)c1. The predicted octanol–water partition coefficient (Wildman–Crippen LogP) is 26.6. The maximum Gasteiger partial charge on any atom is 0.213 e. The number of hydrogen-bond donors (Lipinski definition) is 0. The number of hydrogen-bond acceptors (Lipinski definition) is 0. The van der Waals surface area contributed by atoms with Crippen LogP contribution in [0.2, 0.25) is 0 Å². The smallest absolute Gasteiger partial charge is 0.201 e. The van der Waals surface area contributed by atoms with Crippen molar-refractivity contribution in [3.05, 3.63) is 335 Å². The number of nitrogens with zero attached hydrogens (tertiary/aromatic N) is 4. The van der Waals surface area contributed by atoms with E-state index in [0.29, 0.717) is 5.41 Å². The molecule has 18 rings (SSSR count). The van der Waals surface area contributed by atoms with E-state index in [1.54, 1.807) is 0 Å². The van der Waals surface area contributed by atoms with Crippen LogP contribution in [0.3, 0.4) is 0 Å². The Bertz CT molecular complexity index is 6470. The Hall–Kier alpha value is -11.5. The zero-order valence-electron chi connectivity index (χ0n) is 69.2. The third kappa shape index (κ3) is 15.4. The van der Waals surface area contributed by atoms with Gasteiger partial charge in [0.25, 0.3) is 0 Å². The van der Waals surface area contributed by atoms with Gasteiger partial charge in [-0.1, -0.05) is 267 Å². The van der Waals surface area contributed by atoms with Gasteiger partial charge in [0.1, 0.15) is 28.2 Å². The average Bonchev–Trinajstić information content (AvgIpc) is 1.04. The van der Waals surface area contributed by atoms with E-state index in [1.165, 1.54) is 224 Å². The van der Waals surface area contributed by atoms with Gasteiger partial charge in [-0.15, -0.1) is 0 Å². The second-order valence-electron chi connectivity index (χ2n) is 34.7. The number of benzene rings is 13. The van der Waals surface area contributed by atoms with Crippen LogP contribution >= 0.6 is 0 Å². The summed E-state index contributed by atoms with van der Waals surface area (Å²) in [6, 6.07) is 93.9. The molecule has 0 amide bonds. The Kier molecular flexibility index (Phi) is 21.3. The highest BCUT2D eigenvalue weighted by molar-refractivity contribution is 6.16. The Morgan fingerprint density at radius 2 is 0.634 bits per heavy atom. The van der Waals surface area contributed by atoms with Gasteiger partial charge in [-0.3, -0.25) is 0 Å². The maximum absolute atomic E-state index is 2.45. The quantitative estimate of drug-likeness (QED) is 0.106. The summed E-state index contributed by atoms with van der Waals surface area (Å²) in [7, 11) is 8.66. The van der Waals surface area contributed by atoms with Gasteiger partial charge in [0.05, 0.1) is 22.3 Å². The fraction of sp³-hybridized carbons (Fsp3) is 0.241. The first-order valence-corrected chi connectivity index (χ1v) is 40.5. The van der Waals surface area contributed by atoms with Crippen molar-refractivity contribution in [2.45, 2.75) is 134 Å². The van der Waals surface area contributed by atoms with Crippen LogP contribution in [-0.2, 0) is 41.0 Å². The zero-order chi connectivity index (χ0) is 78.4. The molecule has 13 aromatic carbocycles. The Morgan fingerprint density at radius 3 is 1.04 bits per heavy atom. The first-order chi connectivity index (χ1) is 53.8. The molecule has 4 aromatic heterocycles. The van der Waals surface area contributed by atoms with Crippen LogP contribution in [0.1, 0.15) is 129 Å². The summed E-state index contributed by atoms with van der Waals surface area (Å²) in [5.74, 6) is 0.737. The summed E-state index contributed by atoms with van der Waals surface area (Å²) in [4.78, 5) is 0. The standard InChI is InChI=1S/C29H26N.C27H30N.C26H26N.C26H28N/c1-19-8-7-9-20(2)28(19)23-16-17-30(4)27(18-23)29-21(3)12-14-25-24-11-6-5-10-22(24)13-15-26(25)29;1-18-11-13-23-22-10-8-7-9-20(22)12-14-24(23)26(18)25-15-19(2)21(17-28(25)6)16-27(3,4)5;1-18-11-13-23-22-10-6-5-9-20(22)12-14-24(23)26(18)25-17-21(15-16-27(25)2)19-7-3-4-8-19;1-18-10-13-22-21-9-7-6-8-20(21)12-14-23(22)25(18)24-15-11-19(17-27(24)5)16-26(2,3)4/h5-18H,1-4H3;7-15,17H,16H2,1-6H3;5-6,9-17,19H,3-4,7-8H2,1-2H3;6-15,17H,16H2,1-5H3/q4*+1. The lowest BCUT2D eigenvalue weighted by molar-refractivity contribution is -0.661. The van der Waals surface area contributed by atoms with Gasteiger partial charge in [0.15, 0.2) is 24.8 Å². The number of pyridine rings is 4. The molecule has 4 heteroatoms. The van der Waals surface area contributed by atoms with E-state index in [4.69, 9.17) is 0 Å². The van der Waals surface area contributed by atoms with Crippen LogP contribution in [0.25, 0.3) is 142 Å². The largest absolute Gasteiger partial charge is 0.213 e. The molecule has 1 fully saturated rings. The summed E-state index contributed by atoms with van der Waals surface area (Å²) < 4.78 is 9.13. The van der Waals surface area contributed by atoms with E-state index in [0.717, 1.165) is 18.8 Å². The lowest BCUT2D eigenvalue weighted by Crippen LogP contribution is -2.32. The van der Waals surface area contributed by atoms with Crippen molar-refractivity contribution in [1.82, 2.24) is 0 Å². The Labute approximate surface area is 665 Å². The second kappa shape index (κ2) is 31.4. The molecule has 0 saturated heterocycles. The molecule has 1 aliphatic carbocycles. The first-order valence-electron chi connectivity index (χ1n) is 40.5. The molecule has 0 N–H and O–H groups in total. The van der Waals surface area contributed by atoms with Gasteiger partial charge in [-0.2, -0.15) is 0 Å². The Morgan fingerprint density at radius 1 is 0.277 bits per heavy atom. The molecule has 0 bridgehead atoms. The molecule has 1 aliphatic rings. The van der Waals surface area contributed by atoms with Crippen LogP contribution in [0.5, 0.6) is 0 Å². The highest BCUT2D eigenvalue weighted by Gasteiger charge is 2.27. The van der Waals surface area contributed by atoms with Crippen molar-refractivity contribution >= 4 is 86.2 Å². The number of aryl methyl sites for hydroxylation is 11. The van der Waals surface area contributed by atoms with Crippen LogP contribution in [0.4, 0.5) is 0 Å². The Balaban J connectivity index is 0.000000118. The van der Waals surface area contributed by atoms with E-state index in [-0.39, 0.29) is 5.41 Å². The molecule has 558 valence electrons. The third-order valence-electron chi connectivity index (χ3n) is 23.7. The third-order valence-corrected chi connectivity index (χ3v) is 23.7. The number of aromatic nitrogens is 4. The molecular weight excluding hydrogens is 1350 g/mol. The van der Waals surface area contributed by atoms with E-state index < -0.39 is 0 Å². The van der Waals surface area contributed by atoms with E-state index >= 15 is 0 Å². The minimum Gasteiger partial charge on any atom is -0.201 e. The molecule has 112 heavy (non-hydrogen) atoms. The van der Waals surface area contributed by atoms with Gasteiger partial charge in [0.2, 0.25) is 22.8 Å². The number of rotatable bonds is 8. The average molecular weight is 1460 g/mol. The molecule has 17 aromatic rings. The molecule has 0 radical (unpaired) electrons. The van der Waals surface area contributed by atoms with Gasteiger partial charge >= 0.3 is 0 Å². The molecular formula is C108H110N4+4. The van der Waals surface area contributed by atoms with Gasteiger partial charge in [0, 0.05) is 47.5 Å². The fourth-order valence-corrected chi connectivity index (χ4v) is 18.2. The summed E-state index contributed by atoms with van der Waals surface area (Å²) in [5, 5.41) is 21.1. The highest BCUT2D eigenvalue weighted by atomic mass is 14.9. The normalized spacial score (nSPS) is 12.6. The van der Waals surface area contributed by atoms with Gasteiger partial charge in [-0.25, -0.2) is 18.3 Å². The highest BCUT2D eigenvalue weighted by Crippen LogP contribution is 2.42. The first kappa shape index (κ1) is 75.9. The van der Waals surface area contributed by atoms with Crippen LogP contribution in [0, 0.1) is 59.3 Å². The predicted molar refractivity (Wildman–Crippen MR) is 478 cm³/mol. The second-order valence-corrected chi connectivity index (χ2v) is 34.7. The van der Waals surface area contributed by atoms with E-state index in [1.807, 2.05) is 0 Å². The monoisotopic (exact) mass is 1460 g/mol. The lowest BCUT2D eigenvalue weighted by Gasteiger charge is -2.19. The summed E-state index contributed by atoms with van der Waals surface area (Å²) in [5.41, 5.74) is 27.3. The van der Waals surface area contributed by atoms with Crippen LogP contribution in [0.15, 0.2) is 280 Å². The molecule has 0 spiro atoms. The van der Waals surface area contributed by atoms with Crippen molar-refractivity contribution in [3.8, 4) is 56.2 Å². The van der Waals surface area contributed by atoms with Gasteiger partial charge in [-0.05, 0) is 239 Å². The molecule has 0 atom stereocenters. The molecule has 1 saturated carbocycles. The summed E-state index contributed by atoms with van der Waals surface area (Å²) in [6.45, 7) is 29.3. The topological polar surface area (TPSA) is 15.5 Å². The zero-order valence-corrected chi connectivity index (χ0v) is 69.2. The van der Waals surface area contributed by atoms with Crippen molar-refractivity contribution in [3.63, 3.8) is 0 Å². The fourth-order valence-electron chi connectivity index (χ4n) is 18.2. The van der Waals surface area contributed by atoms with Gasteiger partial charge < -0.3 is 0 Å². The van der Waals surface area contributed by atoms with Crippen LogP contribution < -0.4 is 18.3 Å². The van der Waals surface area contributed by atoms with E-state index in [2.05, 4.69) is 416 Å². The maximum atomic E-state index is 2.45. The lowest BCUT2D eigenvalue weighted by atomic mass is 9.86. The van der Waals surface area contributed by atoms with Crippen molar-refractivity contribution in [2.24, 2.45) is 39.0 Å². The van der Waals surface area contributed by atoms with E-state index in [9.17, 15) is 0 Å². The minimum atomic E-state index is 0.285. The van der Waals surface area contributed by atoms with Crippen molar-refractivity contribution < 1.29 is 18.3 Å². The van der Waals surface area contributed by atoms with Crippen LogP contribution in [-0.4, -0.2) is 0 Å². The summed E-state index contributed by atoms with van der Waals surface area (Å²) >= 11 is 0. The molecule has 4 heterocycles. The molecule has 4 nitrogen and oxygen atoms in total. The minimum absolute atomic E-state index is 0.285.